The molecule has 0 aromatic heterocycles. The minimum atomic E-state index is 0.181. The second kappa shape index (κ2) is 7.66. The average Bonchev–Trinajstić information content (AvgIpc) is 2.21. The van der Waals surface area contributed by atoms with E-state index in [1.54, 1.807) is 0 Å². The zero-order chi connectivity index (χ0) is 12.6. The van der Waals surface area contributed by atoms with Crippen molar-refractivity contribution in [1.29, 1.82) is 0 Å². The maximum atomic E-state index is 11.0. The maximum Gasteiger partial charge on any atom is 0.209 e. The Bertz CT molecular complexity index is 187. The molecule has 1 unspecified atom stereocenters. The highest BCUT2D eigenvalue weighted by Gasteiger charge is 2.24. The van der Waals surface area contributed by atoms with Crippen LogP contribution in [0.2, 0.25) is 0 Å². The molecule has 0 aliphatic heterocycles. The molecule has 0 fully saturated rings. The summed E-state index contributed by atoms with van der Waals surface area (Å²) in [5, 5.41) is 3.30. The van der Waals surface area contributed by atoms with E-state index in [0.29, 0.717) is 6.04 Å². The molecule has 0 aromatic carbocycles. The van der Waals surface area contributed by atoms with Crippen LogP contribution in [-0.2, 0) is 4.79 Å². The van der Waals surface area contributed by atoms with Crippen LogP contribution in [0.25, 0.3) is 0 Å². The van der Waals surface area contributed by atoms with Crippen LogP contribution in [0.1, 0.15) is 47.0 Å². The molecule has 96 valence electrons. The van der Waals surface area contributed by atoms with Crippen molar-refractivity contribution >= 4 is 6.41 Å². The standard InChI is InChI=1S/C13H28N2O/c1-6-7-8-9-15(11-16)10-12(14-5)13(2,3)4/h11-12,14H,6-10H2,1-5H3. The van der Waals surface area contributed by atoms with Crippen LogP contribution >= 0.6 is 0 Å². The summed E-state index contributed by atoms with van der Waals surface area (Å²) in [5.41, 5.74) is 0.181. The fraction of sp³-hybridized carbons (Fsp3) is 0.923. The molecule has 1 atom stereocenters. The summed E-state index contributed by atoms with van der Waals surface area (Å²) in [6.07, 6.45) is 4.48. The molecule has 0 radical (unpaired) electrons. The minimum absolute atomic E-state index is 0.181. The molecule has 0 aliphatic rings. The summed E-state index contributed by atoms with van der Waals surface area (Å²) in [7, 11) is 1.96. The SMILES string of the molecule is CCCCCN(C=O)CC(NC)C(C)(C)C. The van der Waals surface area contributed by atoms with Gasteiger partial charge in [-0.2, -0.15) is 0 Å². The monoisotopic (exact) mass is 228 g/mol. The maximum absolute atomic E-state index is 11.0. The van der Waals surface area contributed by atoms with Gasteiger partial charge in [0.25, 0.3) is 0 Å². The molecule has 0 aromatic rings. The highest BCUT2D eigenvalue weighted by molar-refractivity contribution is 5.47. The van der Waals surface area contributed by atoms with E-state index in [9.17, 15) is 4.79 Å². The summed E-state index contributed by atoms with van der Waals surface area (Å²) >= 11 is 0. The number of nitrogens with zero attached hydrogens (tertiary/aromatic N) is 1. The van der Waals surface area contributed by atoms with Crippen LogP contribution in [0.5, 0.6) is 0 Å². The molecule has 0 saturated heterocycles. The molecule has 0 heterocycles. The second-order valence-corrected chi connectivity index (χ2v) is 5.51. The Labute approximate surface area is 101 Å². The summed E-state index contributed by atoms with van der Waals surface area (Å²) in [5.74, 6) is 0. The van der Waals surface area contributed by atoms with Gasteiger partial charge in [-0.05, 0) is 18.9 Å². The van der Waals surface area contributed by atoms with E-state index in [-0.39, 0.29) is 5.41 Å². The van der Waals surface area contributed by atoms with Crippen LogP contribution in [0, 0.1) is 5.41 Å². The largest absolute Gasteiger partial charge is 0.344 e. The Balaban J connectivity index is 4.12. The highest BCUT2D eigenvalue weighted by atomic mass is 16.1. The first-order chi connectivity index (χ1) is 7.45. The van der Waals surface area contributed by atoms with Crippen molar-refractivity contribution in [2.45, 2.75) is 53.0 Å². The molecule has 0 saturated carbocycles. The van der Waals surface area contributed by atoms with Gasteiger partial charge in [0.1, 0.15) is 0 Å². The number of carbonyl (C=O) groups excluding carboxylic acids is 1. The van der Waals surface area contributed by atoms with Gasteiger partial charge in [-0.3, -0.25) is 4.79 Å². The van der Waals surface area contributed by atoms with Gasteiger partial charge in [0.15, 0.2) is 0 Å². The molecule has 0 rings (SSSR count). The number of nitrogens with one attached hydrogen (secondary N) is 1. The number of hydrogen-bond donors (Lipinski definition) is 1. The zero-order valence-electron chi connectivity index (χ0n) is 11.5. The normalized spacial score (nSPS) is 13.6. The van der Waals surface area contributed by atoms with Crippen molar-refractivity contribution < 1.29 is 4.79 Å². The third-order valence-electron chi connectivity index (χ3n) is 3.01. The van der Waals surface area contributed by atoms with Crippen LogP contribution in [0.3, 0.4) is 0 Å². The summed E-state index contributed by atoms with van der Waals surface area (Å²) in [6.45, 7) is 10.4. The predicted molar refractivity (Wildman–Crippen MR) is 69.5 cm³/mol. The average molecular weight is 228 g/mol. The first-order valence-electron chi connectivity index (χ1n) is 6.32. The second-order valence-electron chi connectivity index (χ2n) is 5.51. The number of hydrogen-bond acceptors (Lipinski definition) is 2. The van der Waals surface area contributed by atoms with Gasteiger partial charge >= 0.3 is 0 Å². The summed E-state index contributed by atoms with van der Waals surface area (Å²) in [6, 6.07) is 0.347. The van der Waals surface area contributed by atoms with Gasteiger partial charge in [0, 0.05) is 19.1 Å². The summed E-state index contributed by atoms with van der Waals surface area (Å²) < 4.78 is 0. The topological polar surface area (TPSA) is 32.3 Å². The third-order valence-corrected chi connectivity index (χ3v) is 3.01. The van der Waals surface area contributed by atoms with Crippen molar-refractivity contribution in [3.63, 3.8) is 0 Å². The van der Waals surface area contributed by atoms with E-state index in [4.69, 9.17) is 0 Å². The van der Waals surface area contributed by atoms with E-state index in [0.717, 1.165) is 25.9 Å². The van der Waals surface area contributed by atoms with Gasteiger partial charge in [0.2, 0.25) is 6.41 Å². The lowest BCUT2D eigenvalue weighted by Gasteiger charge is -2.33. The molecule has 3 heteroatoms. The predicted octanol–water partition coefficient (Wildman–Crippen LogP) is 2.27. The van der Waals surface area contributed by atoms with Crippen LogP contribution in [0.4, 0.5) is 0 Å². The summed E-state index contributed by atoms with van der Waals surface area (Å²) in [4.78, 5) is 12.9. The molecule has 0 bridgehead atoms. The quantitative estimate of drug-likeness (QED) is 0.510. The fourth-order valence-corrected chi connectivity index (χ4v) is 1.78. The lowest BCUT2D eigenvalue weighted by molar-refractivity contribution is -0.118. The van der Waals surface area contributed by atoms with Gasteiger partial charge in [0.05, 0.1) is 0 Å². The number of unbranched alkanes of at least 4 members (excludes halogenated alkanes) is 2. The Kier molecular flexibility index (Phi) is 7.39. The van der Waals surface area contributed by atoms with Crippen LogP contribution in [-0.4, -0.2) is 37.5 Å². The van der Waals surface area contributed by atoms with Crippen molar-refractivity contribution in [3.05, 3.63) is 0 Å². The van der Waals surface area contributed by atoms with E-state index in [2.05, 4.69) is 33.0 Å². The van der Waals surface area contributed by atoms with Crippen molar-refractivity contribution in [1.82, 2.24) is 10.2 Å². The van der Waals surface area contributed by atoms with E-state index in [1.807, 2.05) is 11.9 Å². The molecule has 1 amide bonds. The first kappa shape index (κ1) is 15.4. The van der Waals surface area contributed by atoms with E-state index < -0.39 is 0 Å². The zero-order valence-corrected chi connectivity index (χ0v) is 11.5. The first-order valence-corrected chi connectivity index (χ1v) is 6.32. The molecule has 3 nitrogen and oxygen atoms in total. The van der Waals surface area contributed by atoms with Gasteiger partial charge in [-0.1, -0.05) is 40.5 Å². The van der Waals surface area contributed by atoms with Gasteiger partial charge < -0.3 is 10.2 Å². The van der Waals surface area contributed by atoms with Crippen molar-refractivity contribution in [3.8, 4) is 0 Å². The number of carbonyl (C=O) groups is 1. The lowest BCUT2D eigenvalue weighted by Crippen LogP contribution is -2.47. The number of amides is 1. The van der Waals surface area contributed by atoms with Crippen molar-refractivity contribution in [2.75, 3.05) is 20.1 Å². The number of rotatable bonds is 8. The minimum Gasteiger partial charge on any atom is -0.344 e. The molecule has 16 heavy (non-hydrogen) atoms. The molecule has 0 spiro atoms. The fourth-order valence-electron chi connectivity index (χ4n) is 1.78. The Hall–Kier alpha value is -0.570. The van der Waals surface area contributed by atoms with Crippen LogP contribution < -0.4 is 5.32 Å². The van der Waals surface area contributed by atoms with E-state index >= 15 is 0 Å². The molecular weight excluding hydrogens is 200 g/mol. The smallest absolute Gasteiger partial charge is 0.209 e. The van der Waals surface area contributed by atoms with Gasteiger partial charge in [-0.25, -0.2) is 0 Å². The van der Waals surface area contributed by atoms with Crippen molar-refractivity contribution in [2.24, 2.45) is 5.41 Å². The Morgan fingerprint density at radius 2 is 1.94 bits per heavy atom. The lowest BCUT2D eigenvalue weighted by atomic mass is 9.86. The Morgan fingerprint density at radius 1 is 1.31 bits per heavy atom. The molecule has 1 N–H and O–H groups in total. The Morgan fingerprint density at radius 3 is 2.31 bits per heavy atom. The molecular formula is C13H28N2O. The van der Waals surface area contributed by atoms with Gasteiger partial charge in [-0.15, -0.1) is 0 Å². The highest BCUT2D eigenvalue weighted by Crippen LogP contribution is 2.19. The third kappa shape index (κ3) is 6.11. The number of likely N-dealkylation sites (N-methyl/N-ethyl adjacent to an activating group) is 1. The van der Waals surface area contributed by atoms with Crippen LogP contribution in [0.15, 0.2) is 0 Å². The molecule has 0 aliphatic carbocycles. The van der Waals surface area contributed by atoms with E-state index in [1.165, 1.54) is 12.8 Å².